The van der Waals surface area contributed by atoms with Gasteiger partial charge in [0, 0.05) is 48.3 Å². The number of hydrogen-bond donors (Lipinski definition) is 1. The van der Waals surface area contributed by atoms with Crippen LogP contribution in [0.1, 0.15) is 44.1 Å². The molecule has 0 radical (unpaired) electrons. The Labute approximate surface area is 234 Å². The predicted molar refractivity (Wildman–Crippen MR) is 146 cm³/mol. The zero-order valence-corrected chi connectivity index (χ0v) is 23.4. The summed E-state index contributed by atoms with van der Waals surface area (Å²) in [6, 6.07) is 11.6. The highest BCUT2D eigenvalue weighted by molar-refractivity contribution is 7.89. The van der Waals surface area contributed by atoms with E-state index in [-0.39, 0.29) is 28.9 Å². The second kappa shape index (κ2) is 11.7. The molecule has 3 saturated heterocycles. The summed E-state index contributed by atoms with van der Waals surface area (Å²) in [5.41, 5.74) is 0.235. The molecule has 11 heteroatoms. The van der Waals surface area contributed by atoms with Crippen LogP contribution >= 0.6 is 23.2 Å². The maximum atomic E-state index is 13.8. The van der Waals surface area contributed by atoms with Gasteiger partial charge in [-0.25, -0.2) is 8.42 Å². The number of likely N-dealkylation sites (tertiary alicyclic amines) is 2. The van der Waals surface area contributed by atoms with Crippen LogP contribution in [0.3, 0.4) is 0 Å². The molecule has 2 aromatic carbocycles. The van der Waals surface area contributed by atoms with Gasteiger partial charge in [0.2, 0.25) is 10.0 Å². The van der Waals surface area contributed by atoms with Crippen molar-refractivity contribution in [3.63, 3.8) is 0 Å². The summed E-state index contributed by atoms with van der Waals surface area (Å²) in [5, 5.41) is 20.0. The summed E-state index contributed by atoms with van der Waals surface area (Å²) < 4.78 is 35.1. The van der Waals surface area contributed by atoms with E-state index in [2.05, 4.69) is 9.80 Å². The standard InChI is InChI=1S/C27H32Cl2N4O4S/c28-20-14-21(29)16-24(15-20)37-25-6-5-19(17-30)13-26(25)38(35,36)31-11-7-22(8-12-31)32-10-2-4-27(32)33-9-1-3-23(33)18-34/h5-6,13-16,22-23,27,34H,1-4,7-12,18H2/t23-,27?/m0/s1. The Morgan fingerprint density at radius 3 is 2.32 bits per heavy atom. The third-order valence-corrected chi connectivity index (χ3v) is 10.3. The fourth-order valence-corrected chi connectivity index (χ4v) is 8.25. The summed E-state index contributed by atoms with van der Waals surface area (Å²) in [4.78, 5) is 4.94. The molecule has 3 aliphatic heterocycles. The van der Waals surface area contributed by atoms with Crippen LogP contribution in [-0.4, -0.2) is 78.7 Å². The molecule has 8 nitrogen and oxygen atoms in total. The van der Waals surface area contributed by atoms with E-state index in [1.807, 2.05) is 6.07 Å². The molecule has 38 heavy (non-hydrogen) atoms. The smallest absolute Gasteiger partial charge is 0.246 e. The minimum Gasteiger partial charge on any atom is -0.456 e. The third kappa shape index (κ3) is 5.68. The van der Waals surface area contributed by atoms with Crippen molar-refractivity contribution in [2.24, 2.45) is 0 Å². The second-order valence-corrected chi connectivity index (χ2v) is 13.0. The minimum atomic E-state index is -3.93. The van der Waals surface area contributed by atoms with Crippen LogP contribution in [0, 0.1) is 11.3 Å². The molecule has 1 N–H and O–H groups in total. The molecular formula is C27H32Cl2N4O4S. The summed E-state index contributed by atoms with van der Waals surface area (Å²) >= 11 is 12.2. The van der Waals surface area contributed by atoms with Crippen LogP contribution in [0.15, 0.2) is 41.3 Å². The normalized spacial score (nSPS) is 24.1. The topological polar surface area (TPSA) is 97.1 Å². The first-order valence-electron chi connectivity index (χ1n) is 13.1. The van der Waals surface area contributed by atoms with Crippen LogP contribution in [0.2, 0.25) is 10.0 Å². The van der Waals surface area contributed by atoms with Crippen molar-refractivity contribution in [3.05, 3.63) is 52.0 Å². The highest BCUT2D eigenvalue weighted by Gasteiger charge is 2.41. The molecule has 0 bridgehead atoms. The summed E-state index contributed by atoms with van der Waals surface area (Å²) in [6.45, 7) is 2.98. The number of hydrogen-bond acceptors (Lipinski definition) is 7. The number of piperidine rings is 1. The van der Waals surface area contributed by atoms with Crippen molar-refractivity contribution < 1.29 is 18.3 Å². The zero-order chi connectivity index (χ0) is 26.9. The molecule has 0 aromatic heterocycles. The third-order valence-electron chi connectivity index (χ3n) is 7.92. The van der Waals surface area contributed by atoms with Gasteiger partial charge in [-0.15, -0.1) is 0 Å². The SMILES string of the molecule is N#Cc1ccc(Oc2cc(Cl)cc(Cl)c2)c(S(=O)(=O)N2CCC(N3CCCC3N3CCC[C@H]3CO)CC2)c1. The lowest BCUT2D eigenvalue weighted by molar-refractivity contribution is 0.00706. The van der Waals surface area contributed by atoms with E-state index in [0.29, 0.717) is 41.1 Å². The Bertz CT molecular complexity index is 1290. The number of aliphatic hydroxyl groups excluding tert-OH is 1. The van der Waals surface area contributed by atoms with Gasteiger partial charge in [0.15, 0.2) is 0 Å². The molecule has 3 heterocycles. The summed E-state index contributed by atoms with van der Waals surface area (Å²) in [7, 11) is -3.93. The van der Waals surface area contributed by atoms with Crippen molar-refractivity contribution in [1.82, 2.24) is 14.1 Å². The van der Waals surface area contributed by atoms with Gasteiger partial charge >= 0.3 is 0 Å². The quantitative estimate of drug-likeness (QED) is 0.509. The molecule has 3 fully saturated rings. The minimum absolute atomic E-state index is 0.0481. The van der Waals surface area contributed by atoms with E-state index in [4.69, 9.17) is 27.9 Å². The van der Waals surface area contributed by atoms with Gasteiger partial charge in [0.25, 0.3) is 0 Å². The summed E-state index contributed by atoms with van der Waals surface area (Å²) in [6.07, 6.45) is 6.12. The van der Waals surface area contributed by atoms with Gasteiger partial charge in [-0.1, -0.05) is 23.2 Å². The first kappa shape index (κ1) is 27.7. The molecule has 2 aromatic rings. The molecule has 0 amide bonds. The zero-order valence-electron chi connectivity index (χ0n) is 21.1. The van der Waals surface area contributed by atoms with Crippen LogP contribution in [0.25, 0.3) is 0 Å². The largest absolute Gasteiger partial charge is 0.456 e. The van der Waals surface area contributed by atoms with Crippen LogP contribution in [0.5, 0.6) is 11.5 Å². The van der Waals surface area contributed by atoms with Crippen molar-refractivity contribution in [2.75, 3.05) is 32.8 Å². The Morgan fingerprint density at radius 1 is 0.947 bits per heavy atom. The summed E-state index contributed by atoms with van der Waals surface area (Å²) in [5.74, 6) is 0.429. The van der Waals surface area contributed by atoms with Gasteiger partial charge < -0.3 is 9.84 Å². The highest BCUT2D eigenvalue weighted by Crippen LogP contribution is 2.37. The number of benzene rings is 2. The van der Waals surface area contributed by atoms with E-state index < -0.39 is 10.0 Å². The van der Waals surface area contributed by atoms with Crippen LogP contribution < -0.4 is 4.74 Å². The molecule has 0 saturated carbocycles. The lowest BCUT2D eigenvalue weighted by Gasteiger charge is -2.43. The van der Waals surface area contributed by atoms with Crippen molar-refractivity contribution in [2.45, 2.75) is 61.7 Å². The number of sulfonamides is 1. The van der Waals surface area contributed by atoms with E-state index in [9.17, 15) is 18.8 Å². The van der Waals surface area contributed by atoms with Gasteiger partial charge in [0.05, 0.1) is 24.4 Å². The first-order valence-corrected chi connectivity index (χ1v) is 15.3. The van der Waals surface area contributed by atoms with Crippen LogP contribution in [-0.2, 0) is 10.0 Å². The fraction of sp³-hybridized carbons (Fsp3) is 0.519. The molecule has 0 spiro atoms. The molecule has 5 rings (SSSR count). The van der Waals surface area contributed by atoms with Gasteiger partial charge in [-0.3, -0.25) is 9.80 Å². The van der Waals surface area contributed by atoms with E-state index in [0.717, 1.165) is 51.6 Å². The lowest BCUT2D eigenvalue weighted by Crippen LogP contribution is -2.54. The Morgan fingerprint density at radius 2 is 1.63 bits per heavy atom. The number of rotatable bonds is 7. The second-order valence-electron chi connectivity index (χ2n) is 10.2. The molecule has 3 aliphatic rings. The Kier molecular flexibility index (Phi) is 8.51. The van der Waals surface area contributed by atoms with Gasteiger partial charge in [-0.2, -0.15) is 9.57 Å². The number of aliphatic hydroxyl groups is 1. The fourth-order valence-electron chi connectivity index (χ4n) is 6.13. The average Bonchev–Trinajstić information content (AvgIpc) is 3.57. The molecule has 204 valence electrons. The average molecular weight is 580 g/mol. The van der Waals surface area contributed by atoms with Crippen molar-refractivity contribution >= 4 is 33.2 Å². The highest BCUT2D eigenvalue weighted by atomic mass is 35.5. The molecule has 1 unspecified atom stereocenters. The van der Waals surface area contributed by atoms with Crippen molar-refractivity contribution in [3.8, 4) is 17.6 Å². The lowest BCUT2D eigenvalue weighted by atomic mass is 10.0. The monoisotopic (exact) mass is 578 g/mol. The van der Waals surface area contributed by atoms with Crippen LogP contribution in [0.4, 0.5) is 0 Å². The van der Waals surface area contributed by atoms with E-state index >= 15 is 0 Å². The van der Waals surface area contributed by atoms with Gasteiger partial charge in [0.1, 0.15) is 16.4 Å². The molecule has 0 aliphatic carbocycles. The van der Waals surface area contributed by atoms with E-state index in [1.54, 1.807) is 18.2 Å². The van der Waals surface area contributed by atoms with E-state index in [1.165, 1.54) is 22.5 Å². The number of nitrogens with zero attached hydrogens (tertiary/aromatic N) is 4. The predicted octanol–water partition coefficient (Wildman–Crippen LogP) is 4.69. The Hall–Kier alpha value is -1.90. The number of nitriles is 1. The van der Waals surface area contributed by atoms with Crippen molar-refractivity contribution in [1.29, 1.82) is 5.26 Å². The molecular weight excluding hydrogens is 547 g/mol. The Balaban J connectivity index is 1.33. The maximum Gasteiger partial charge on any atom is 0.246 e. The maximum absolute atomic E-state index is 13.8. The number of halogens is 2. The first-order chi connectivity index (χ1) is 18.3. The molecule has 2 atom stereocenters. The van der Waals surface area contributed by atoms with Gasteiger partial charge in [-0.05, 0) is 74.9 Å². The number of ether oxygens (including phenoxy) is 1.